The molecule has 0 fully saturated rings. The van der Waals surface area contributed by atoms with Crippen molar-refractivity contribution in [3.63, 3.8) is 0 Å². The number of aryl methyl sites for hydroxylation is 2. The van der Waals surface area contributed by atoms with Crippen molar-refractivity contribution >= 4 is 28.8 Å². The second-order valence-electron chi connectivity index (χ2n) is 6.41. The molecule has 1 N–H and O–H groups in total. The highest BCUT2D eigenvalue weighted by molar-refractivity contribution is 8.00. The van der Waals surface area contributed by atoms with Gasteiger partial charge in [0.15, 0.2) is 11.6 Å². The molecule has 0 aliphatic heterocycles. The van der Waals surface area contributed by atoms with E-state index in [1.54, 1.807) is 24.9 Å². The number of fused-ring (bicyclic) bond motifs is 1. The van der Waals surface area contributed by atoms with Gasteiger partial charge in [0, 0.05) is 25.6 Å². The minimum absolute atomic E-state index is 0.0761. The summed E-state index contributed by atoms with van der Waals surface area (Å²) in [4.78, 5) is 17.4. The minimum Gasteiger partial charge on any atom is -0.480 e. The molecule has 0 aliphatic rings. The number of nitrogens with one attached hydrogen (secondary N) is 1. The van der Waals surface area contributed by atoms with Crippen molar-refractivity contribution in [2.24, 2.45) is 7.05 Å². The number of hydrogen-bond donors (Lipinski definition) is 1. The number of rotatable bonds is 4. The van der Waals surface area contributed by atoms with E-state index in [4.69, 9.17) is 4.74 Å². The molecule has 0 bridgehead atoms. The van der Waals surface area contributed by atoms with Crippen molar-refractivity contribution in [2.75, 3.05) is 11.8 Å². The number of hydrogen-bond acceptors (Lipinski definition) is 7. The van der Waals surface area contributed by atoms with Crippen LogP contribution < -0.4 is 9.46 Å². The molecular weight excluding hydrogens is 403 g/mol. The standard InChI is InChI=1S/C21H17FN6OS/c1-13-8-17(21(29-3)25-9-13)30-27-20-18(22)14(6-7-24-20)4-5-15-10-23-11-16-19(15)28(2)12-26-16/h6-12H,1-3H3,(H,24,27). The van der Waals surface area contributed by atoms with E-state index in [1.165, 1.54) is 31.3 Å². The van der Waals surface area contributed by atoms with Gasteiger partial charge in [-0.05, 0) is 36.6 Å². The zero-order chi connectivity index (χ0) is 21.1. The zero-order valence-corrected chi connectivity index (χ0v) is 17.3. The number of methoxy groups -OCH3 is 1. The number of anilines is 1. The largest absolute Gasteiger partial charge is 0.480 e. The van der Waals surface area contributed by atoms with Gasteiger partial charge in [0.05, 0.1) is 41.2 Å². The topological polar surface area (TPSA) is 77.8 Å². The summed E-state index contributed by atoms with van der Waals surface area (Å²) in [6.45, 7) is 1.92. The lowest BCUT2D eigenvalue weighted by atomic mass is 10.2. The summed E-state index contributed by atoms with van der Waals surface area (Å²) in [5.41, 5.74) is 3.44. The quantitative estimate of drug-likeness (QED) is 0.398. The normalized spacial score (nSPS) is 10.5. The molecule has 0 spiro atoms. The molecule has 0 unspecified atom stereocenters. The number of pyridine rings is 3. The number of imidazole rings is 1. The first-order chi connectivity index (χ1) is 14.6. The predicted octanol–water partition coefficient (Wildman–Crippen LogP) is 3.73. The Balaban J connectivity index is 1.61. The lowest BCUT2D eigenvalue weighted by Gasteiger charge is -2.09. The highest BCUT2D eigenvalue weighted by Crippen LogP contribution is 2.29. The van der Waals surface area contributed by atoms with Crippen LogP contribution in [0.15, 0.2) is 48.1 Å². The van der Waals surface area contributed by atoms with Crippen LogP contribution in [-0.2, 0) is 7.05 Å². The fourth-order valence-corrected chi connectivity index (χ4v) is 3.63. The zero-order valence-electron chi connectivity index (χ0n) is 16.5. The average Bonchev–Trinajstić information content (AvgIpc) is 3.14. The first-order valence-corrected chi connectivity index (χ1v) is 9.73. The van der Waals surface area contributed by atoms with E-state index < -0.39 is 5.82 Å². The van der Waals surface area contributed by atoms with Crippen molar-refractivity contribution in [3.05, 3.63) is 65.8 Å². The van der Waals surface area contributed by atoms with Crippen LogP contribution in [0.1, 0.15) is 16.7 Å². The second-order valence-corrected chi connectivity index (χ2v) is 7.25. The Labute approximate surface area is 176 Å². The summed E-state index contributed by atoms with van der Waals surface area (Å²) in [6, 6.07) is 3.43. The van der Waals surface area contributed by atoms with E-state index in [0.29, 0.717) is 11.4 Å². The highest BCUT2D eigenvalue weighted by Gasteiger charge is 2.12. The third-order valence-electron chi connectivity index (χ3n) is 4.25. The van der Waals surface area contributed by atoms with Gasteiger partial charge >= 0.3 is 0 Å². The highest BCUT2D eigenvalue weighted by atomic mass is 32.2. The van der Waals surface area contributed by atoms with Gasteiger partial charge < -0.3 is 14.0 Å². The van der Waals surface area contributed by atoms with Gasteiger partial charge in [0.1, 0.15) is 5.52 Å². The maximum atomic E-state index is 15.0. The summed E-state index contributed by atoms with van der Waals surface area (Å²) < 4.78 is 25.0. The van der Waals surface area contributed by atoms with E-state index in [0.717, 1.165) is 21.5 Å². The van der Waals surface area contributed by atoms with E-state index in [9.17, 15) is 4.39 Å². The van der Waals surface area contributed by atoms with Crippen LogP contribution in [0.3, 0.4) is 0 Å². The molecule has 9 heteroatoms. The van der Waals surface area contributed by atoms with Gasteiger partial charge in [-0.25, -0.2) is 19.3 Å². The average molecular weight is 420 g/mol. The molecule has 4 aromatic heterocycles. The smallest absolute Gasteiger partial charge is 0.228 e. The van der Waals surface area contributed by atoms with Gasteiger partial charge in [-0.1, -0.05) is 11.8 Å². The Hall–Kier alpha value is -3.64. The number of nitrogens with zero attached hydrogens (tertiary/aromatic N) is 5. The van der Waals surface area contributed by atoms with Crippen LogP contribution in [-0.4, -0.2) is 31.6 Å². The van der Waals surface area contributed by atoms with Crippen LogP contribution in [0.4, 0.5) is 10.2 Å². The Morgan fingerprint density at radius 2 is 1.97 bits per heavy atom. The molecular formula is C21H17FN6OS. The maximum Gasteiger partial charge on any atom is 0.228 e. The molecule has 0 amide bonds. The number of aromatic nitrogens is 5. The Morgan fingerprint density at radius 3 is 2.80 bits per heavy atom. The van der Waals surface area contributed by atoms with Crippen molar-refractivity contribution in [1.29, 1.82) is 0 Å². The van der Waals surface area contributed by atoms with Gasteiger partial charge in [0.25, 0.3) is 0 Å². The molecule has 7 nitrogen and oxygen atoms in total. The summed E-state index contributed by atoms with van der Waals surface area (Å²) in [6.07, 6.45) is 8.21. The SMILES string of the molecule is COc1ncc(C)cc1SNc1nccc(C#Cc2cncc3ncn(C)c23)c1F. The van der Waals surface area contributed by atoms with E-state index in [-0.39, 0.29) is 11.4 Å². The van der Waals surface area contributed by atoms with Crippen molar-refractivity contribution in [1.82, 2.24) is 24.5 Å². The first kappa shape index (κ1) is 19.7. The molecule has 4 aromatic rings. The molecule has 0 saturated heterocycles. The van der Waals surface area contributed by atoms with Crippen LogP contribution in [0, 0.1) is 24.6 Å². The van der Waals surface area contributed by atoms with E-state index >= 15 is 0 Å². The summed E-state index contributed by atoms with van der Waals surface area (Å²) in [5, 5.41) is 0. The Kier molecular flexibility index (Phi) is 5.50. The monoisotopic (exact) mass is 420 g/mol. The van der Waals surface area contributed by atoms with Gasteiger partial charge in [0.2, 0.25) is 5.88 Å². The molecule has 0 saturated carbocycles. The maximum absolute atomic E-state index is 15.0. The third-order valence-corrected chi connectivity index (χ3v) is 5.06. The molecule has 150 valence electrons. The predicted molar refractivity (Wildman–Crippen MR) is 114 cm³/mol. The van der Waals surface area contributed by atoms with Crippen LogP contribution in [0.5, 0.6) is 5.88 Å². The Morgan fingerprint density at radius 1 is 1.13 bits per heavy atom. The Bertz CT molecular complexity index is 1290. The van der Waals surface area contributed by atoms with Gasteiger partial charge in [-0.15, -0.1) is 0 Å². The van der Waals surface area contributed by atoms with Crippen LogP contribution in [0.25, 0.3) is 11.0 Å². The fourth-order valence-electron chi connectivity index (χ4n) is 2.81. The molecule has 30 heavy (non-hydrogen) atoms. The summed E-state index contributed by atoms with van der Waals surface area (Å²) >= 11 is 1.17. The molecule has 0 aromatic carbocycles. The summed E-state index contributed by atoms with van der Waals surface area (Å²) in [5.74, 6) is 5.86. The number of halogens is 1. The second kappa shape index (κ2) is 8.39. The van der Waals surface area contributed by atoms with Gasteiger partial charge in [-0.3, -0.25) is 4.98 Å². The minimum atomic E-state index is -0.540. The number of ether oxygens (including phenoxy) is 1. The lowest BCUT2D eigenvalue weighted by molar-refractivity contribution is 0.387. The third kappa shape index (κ3) is 3.90. The summed E-state index contributed by atoms with van der Waals surface area (Å²) in [7, 11) is 3.41. The molecule has 0 radical (unpaired) electrons. The fraction of sp³-hybridized carbons (Fsp3) is 0.143. The lowest BCUT2D eigenvalue weighted by Crippen LogP contribution is -1.99. The van der Waals surface area contributed by atoms with Crippen LogP contribution >= 0.6 is 11.9 Å². The molecule has 4 heterocycles. The van der Waals surface area contributed by atoms with Crippen molar-refractivity contribution < 1.29 is 9.13 Å². The van der Waals surface area contributed by atoms with Crippen molar-refractivity contribution in [3.8, 4) is 17.7 Å². The van der Waals surface area contributed by atoms with E-state index in [2.05, 4.69) is 36.5 Å². The van der Waals surface area contributed by atoms with Crippen LogP contribution in [0.2, 0.25) is 0 Å². The molecule has 4 rings (SSSR count). The first-order valence-electron chi connectivity index (χ1n) is 8.92. The molecule has 0 atom stereocenters. The molecule has 0 aliphatic carbocycles. The van der Waals surface area contributed by atoms with Crippen molar-refractivity contribution in [2.45, 2.75) is 11.8 Å². The van der Waals surface area contributed by atoms with E-state index in [1.807, 2.05) is 24.6 Å². The van der Waals surface area contributed by atoms with Gasteiger partial charge in [-0.2, -0.15) is 0 Å².